The van der Waals surface area contributed by atoms with E-state index in [1.807, 2.05) is 6.08 Å². The van der Waals surface area contributed by atoms with Gasteiger partial charge in [0.25, 0.3) is 0 Å². The summed E-state index contributed by atoms with van der Waals surface area (Å²) in [4.78, 5) is 2.43. The van der Waals surface area contributed by atoms with Crippen LogP contribution in [0.1, 0.15) is 66.0 Å². The molecule has 1 nitrogen and oxygen atoms in total. The van der Waals surface area contributed by atoms with E-state index in [-0.39, 0.29) is 0 Å². The van der Waals surface area contributed by atoms with Crippen LogP contribution in [0, 0.1) is 13.8 Å². The Morgan fingerprint density at radius 1 is 0.795 bits per heavy atom. The molecule has 0 radical (unpaired) electrons. The fourth-order valence-electron chi connectivity index (χ4n) is 5.95. The fraction of sp³-hybridized carbons (Fsp3) is 0.263. The molecule has 5 rings (SSSR count). The minimum Gasteiger partial charge on any atom is -0.310 e. The van der Waals surface area contributed by atoms with E-state index in [0.29, 0.717) is 0 Å². The molecule has 1 heteroatoms. The Morgan fingerprint density at radius 2 is 1.54 bits per heavy atom. The third kappa shape index (κ3) is 5.64. The number of nitrogens with zero attached hydrogens (tertiary/aromatic N) is 1. The normalized spacial score (nSPS) is 12.0. The van der Waals surface area contributed by atoms with Gasteiger partial charge in [-0.05, 0) is 114 Å². The Balaban J connectivity index is 1.63. The highest BCUT2D eigenvalue weighted by atomic mass is 15.1. The topological polar surface area (TPSA) is 3.24 Å². The summed E-state index contributed by atoms with van der Waals surface area (Å²) in [7, 11) is 0. The SMILES string of the molecule is C=CC(=C)c1ccc(N(c2ccccc2)c2c(C)cc(CCCCCC)cc2C)cc1-c1ccc2c(c1)CC2. The van der Waals surface area contributed by atoms with Gasteiger partial charge in [0.2, 0.25) is 0 Å². The summed E-state index contributed by atoms with van der Waals surface area (Å²) in [5, 5.41) is 0. The van der Waals surface area contributed by atoms with Crippen LogP contribution in [0.15, 0.2) is 98.1 Å². The molecule has 4 aromatic rings. The van der Waals surface area contributed by atoms with E-state index < -0.39 is 0 Å². The van der Waals surface area contributed by atoms with Gasteiger partial charge in [-0.2, -0.15) is 0 Å². The van der Waals surface area contributed by atoms with E-state index in [4.69, 9.17) is 0 Å². The average Bonchev–Trinajstić information content (AvgIpc) is 2.93. The molecule has 0 spiro atoms. The zero-order chi connectivity index (χ0) is 27.4. The predicted octanol–water partition coefficient (Wildman–Crippen LogP) is 10.9. The Morgan fingerprint density at radius 3 is 2.18 bits per heavy atom. The fourth-order valence-corrected chi connectivity index (χ4v) is 5.95. The Kier molecular flexibility index (Phi) is 8.17. The number of allylic oxidation sites excluding steroid dienone is 2. The molecular weight excluding hydrogens is 470 g/mol. The van der Waals surface area contributed by atoms with E-state index in [9.17, 15) is 0 Å². The highest BCUT2D eigenvalue weighted by Crippen LogP contribution is 2.42. The molecule has 198 valence electrons. The second-order valence-electron chi connectivity index (χ2n) is 11.0. The molecule has 0 fully saturated rings. The van der Waals surface area contributed by atoms with Crippen molar-refractivity contribution in [3.63, 3.8) is 0 Å². The minimum absolute atomic E-state index is 0.949. The minimum atomic E-state index is 0.949. The van der Waals surface area contributed by atoms with E-state index in [1.54, 1.807) is 0 Å². The maximum absolute atomic E-state index is 4.32. The van der Waals surface area contributed by atoms with Gasteiger partial charge in [-0.25, -0.2) is 0 Å². The summed E-state index contributed by atoms with van der Waals surface area (Å²) in [6.45, 7) is 15.1. The van der Waals surface area contributed by atoms with E-state index >= 15 is 0 Å². The largest absolute Gasteiger partial charge is 0.310 e. The van der Waals surface area contributed by atoms with Crippen molar-refractivity contribution in [2.24, 2.45) is 0 Å². The number of hydrogen-bond acceptors (Lipinski definition) is 1. The molecule has 0 heterocycles. The molecule has 0 aliphatic heterocycles. The third-order valence-corrected chi connectivity index (χ3v) is 8.14. The molecule has 0 N–H and O–H groups in total. The van der Waals surface area contributed by atoms with Crippen LogP contribution < -0.4 is 4.90 Å². The van der Waals surface area contributed by atoms with Crippen molar-refractivity contribution < 1.29 is 0 Å². The van der Waals surface area contributed by atoms with Gasteiger partial charge in [-0.3, -0.25) is 0 Å². The first-order valence-electron chi connectivity index (χ1n) is 14.5. The standard InChI is InChI=1S/C38H41N/c1-6-8-9-11-14-30-23-28(4)38(29(5)24-30)39(34-15-12-10-13-16-34)35-21-22-36(27(3)7-2)37(26-35)33-20-18-31-17-19-32(31)25-33/h7,10,12-13,15-16,18,20-26H,2-3,6,8-9,11,14,17,19H2,1,4-5H3. The number of para-hydroxylation sites is 1. The van der Waals surface area contributed by atoms with Gasteiger partial charge in [-0.15, -0.1) is 0 Å². The number of benzene rings is 4. The van der Waals surface area contributed by atoms with Gasteiger partial charge in [0.1, 0.15) is 0 Å². The molecule has 1 aliphatic carbocycles. The molecular formula is C38H41N. The number of anilines is 3. The lowest BCUT2D eigenvalue weighted by Gasteiger charge is -2.30. The molecule has 0 saturated carbocycles. The molecule has 0 saturated heterocycles. The van der Waals surface area contributed by atoms with Gasteiger partial charge < -0.3 is 4.90 Å². The van der Waals surface area contributed by atoms with Crippen LogP contribution in [0.2, 0.25) is 0 Å². The molecule has 0 unspecified atom stereocenters. The van der Waals surface area contributed by atoms with Crippen LogP contribution in [0.5, 0.6) is 0 Å². The summed E-state index contributed by atoms with van der Waals surface area (Å²) >= 11 is 0. The van der Waals surface area contributed by atoms with Crippen molar-refractivity contribution >= 4 is 22.6 Å². The molecule has 4 aromatic carbocycles. The number of hydrogen-bond donors (Lipinski definition) is 0. The second-order valence-corrected chi connectivity index (χ2v) is 11.0. The van der Waals surface area contributed by atoms with E-state index in [2.05, 4.69) is 118 Å². The van der Waals surface area contributed by atoms with Crippen molar-refractivity contribution in [2.75, 3.05) is 4.90 Å². The monoisotopic (exact) mass is 511 g/mol. The average molecular weight is 512 g/mol. The van der Waals surface area contributed by atoms with Crippen LogP contribution in [0.3, 0.4) is 0 Å². The lowest BCUT2D eigenvalue weighted by molar-refractivity contribution is 0.666. The molecule has 0 aromatic heterocycles. The maximum atomic E-state index is 4.32. The Hall–Kier alpha value is -3.84. The number of fused-ring (bicyclic) bond motifs is 1. The van der Waals surface area contributed by atoms with Crippen LogP contribution in [-0.2, 0) is 19.3 Å². The molecule has 0 amide bonds. The number of rotatable bonds is 11. The van der Waals surface area contributed by atoms with Crippen molar-refractivity contribution in [2.45, 2.75) is 65.7 Å². The first kappa shape index (κ1) is 26.8. The van der Waals surface area contributed by atoms with Gasteiger partial charge in [-0.1, -0.05) is 100 Å². The van der Waals surface area contributed by atoms with Gasteiger partial charge in [0.15, 0.2) is 0 Å². The summed E-state index contributed by atoms with van der Waals surface area (Å²) in [6, 6.07) is 29.3. The van der Waals surface area contributed by atoms with Crippen molar-refractivity contribution in [3.05, 3.63) is 131 Å². The highest BCUT2D eigenvalue weighted by molar-refractivity contribution is 5.89. The van der Waals surface area contributed by atoms with Crippen LogP contribution in [0.4, 0.5) is 17.1 Å². The number of unbranched alkanes of at least 4 members (excludes halogenated alkanes) is 3. The van der Waals surface area contributed by atoms with E-state index in [1.165, 1.54) is 83.2 Å². The lowest BCUT2D eigenvalue weighted by Crippen LogP contribution is -2.14. The Bertz CT molecular complexity index is 1470. The quantitative estimate of drug-likeness (QED) is 0.143. The summed E-state index contributed by atoms with van der Waals surface area (Å²) < 4.78 is 0. The van der Waals surface area contributed by atoms with Crippen LogP contribution >= 0.6 is 0 Å². The molecule has 1 aliphatic rings. The van der Waals surface area contributed by atoms with Crippen LogP contribution in [0.25, 0.3) is 16.7 Å². The summed E-state index contributed by atoms with van der Waals surface area (Å²) in [5.74, 6) is 0. The molecule has 0 atom stereocenters. The van der Waals surface area contributed by atoms with Crippen molar-refractivity contribution in [1.29, 1.82) is 0 Å². The third-order valence-electron chi connectivity index (χ3n) is 8.14. The van der Waals surface area contributed by atoms with Crippen LogP contribution in [-0.4, -0.2) is 0 Å². The lowest BCUT2D eigenvalue weighted by atomic mass is 9.84. The zero-order valence-electron chi connectivity index (χ0n) is 23.9. The van der Waals surface area contributed by atoms with Crippen molar-refractivity contribution in [3.8, 4) is 11.1 Å². The van der Waals surface area contributed by atoms with Gasteiger partial charge >= 0.3 is 0 Å². The van der Waals surface area contributed by atoms with E-state index in [0.717, 1.165) is 28.9 Å². The maximum Gasteiger partial charge on any atom is 0.0520 e. The first-order chi connectivity index (χ1) is 19.0. The summed E-state index contributed by atoms with van der Waals surface area (Å²) in [6.07, 6.45) is 10.5. The zero-order valence-corrected chi connectivity index (χ0v) is 23.9. The van der Waals surface area contributed by atoms with Crippen molar-refractivity contribution in [1.82, 2.24) is 0 Å². The predicted molar refractivity (Wildman–Crippen MR) is 171 cm³/mol. The molecule has 39 heavy (non-hydrogen) atoms. The van der Waals surface area contributed by atoms with Gasteiger partial charge in [0.05, 0.1) is 5.69 Å². The summed E-state index contributed by atoms with van der Waals surface area (Å²) in [5.41, 5.74) is 15.1. The van der Waals surface area contributed by atoms with Gasteiger partial charge in [0, 0.05) is 11.4 Å². The highest BCUT2D eigenvalue weighted by Gasteiger charge is 2.21. The smallest absolute Gasteiger partial charge is 0.0520 e. The number of aryl methyl sites for hydroxylation is 5. The first-order valence-corrected chi connectivity index (χ1v) is 14.5. The second kappa shape index (κ2) is 11.9. The molecule has 0 bridgehead atoms. The Labute approximate surface area is 235 Å².